The Morgan fingerprint density at radius 2 is 0.376 bits per heavy atom. The molecule has 0 aromatic rings. The SMILES string of the molecule is COC1C2OC(COCCC#N)C(OC3OC(CO[Si](C)(C)C(C)(C)C)C(OC4OC(CO[Si](C)(C)C(C)(C)C)C(OC5OC(CO[Si](C)(C)C(C)(C)C)C(OC6OC(CO[Si](C)(C)C(C)(C)C)C(OC7OC(CO[Si](C)(C)C(C)(C)C)C(O2)C(OC)C7OC)C(OC)C6OC)C(OC)C5OC)C(OC)C4OC)C(OC)C3OC)C1OC. The van der Waals surface area contributed by atoms with Gasteiger partial charge >= 0.3 is 0 Å². The molecule has 36 heteroatoms. The molecule has 0 amide bonds. The van der Waals surface area contributed by atoms with Gasteiger partial charge in [-0.15, -0.1) is 0 Å². The first-order valence-corrected chi connectivity index (χ1v) is 56.2. The van der Waals surface area contributed by atoms with Crippen LogP contribution in [0.4, 0.5) is 0 Å². The van der Waals surface area contributed by atoms with Crippen molar-refractivity contribution >= 4 is 41.6 Å². The number of nitriles is 1. The second-order valence-corrected chi connectivity index (χ2v) is 63.7. The monoisotopic (exact) mass is 1760 g/mol. The zero-order valence-corrected chi connectivity index (χ0v) is 83.2. The molecule has 22 fully saturated rings. The van der Waals surface area contributed by atoms with Crippen LogP contribution in [0.1, 0.15) is 110 Å². The molecule has 686 valence electrons. The molecule has 22 aliphatic heterocycles. The quantitative estimate of drug-likeness (QED) is 0.0460. The lowest BCUT2D eigenvalue weighted by Crippen LogP contribution is -2.70. The number of hydrogen-bond donors (Lipinski definition) is 0. The number of ether oxygens (including phenoxy) is 25. The van der Waals surface area contributed by atoms with Crippen molar-refractivity contribution in [1.82, 2.24) is 0 Å². The van der Waals surface area contributed by atoms with Crippen LogP contribution in [0.5, 0.6) is 0 Å². The van der Waals surface area contributed by atoms with E-state index in [1.165, 1.54) is 7.11 Å². The first-order chi connectivity index (χ1) is 54.4. The van der Waals surface area contributed by atoms with Gasteiger partial charge in [0.05, 0.1) is 58.7 Å². The first-order valence-electron chi connectivity index (χ1n) is 41.7. The highest BCUT2D eigenvalue weighted by Gasteiger charge is 2.63. The normalized spacial score (nSPS) is 37.9. The molecule has 0 radical (unpaired) electrons. The molecule has 30 unspecified atom stereocenters. The van der Waals surface area contributed by atoms with Gasteiger partial charge in [-0.3, -0.25) is 0 Å². The van der Waals surface area contributed by atoms with Gasteiger partial charge in [0.15, 0.2) is 79.3 Å². The van der Waals surface area contributed by atoms with E-state index in [0.29, 0.717) is 0 Å². The summed E-state index contributed by atoms with van der Waals surface area (Å²) < 4.78 is 211. The van der Waals surface area contributed by atoms with Crippen LogP contribution in [-0.4, -0.2) is 357 Å². The van der Waals surface area contributed by atoms with Crippen molar-refractivity contribution in [2.75, 3.05) is 132 Å². The molecule has 30 atom stereocenters. The van der Waals surface area contributed by atoms with Gasteiger partial charge in [-0.25, -0.2) is 0 Å². The summed E-state index contributed by atoms with van der Waals surface area (Å²) in [6.07, 6.45) is -32.1. The van der Waals surface area contributed by atoms with Gasteiger partial charge in [0.2, 0.25) is 0 Å². The maximum Gasteiger partial charge on any atom is 0.192 e. The van der Waals surface area contributed by atoms with Gasteiger partial charge in [0.25, 0.3) is 0 Å². The van der Waals surface area contributed by atoms with Crippen LogP contribution < -0.4 is 0 Å². The van der Waals surface area contributed by atoms with Crippen molar-refractivity contribution in [2.24, 2.45) is 0 Å². The van der Waals surface area contributed by atoms with Crippen molar-refractivity contribution < 1.29 is 141 Å². The fourth-order valence-electron chi connectivity index (χ4n) is 14.6. The Balaban J connectivity index is 1.52. The van der Waals surface area contributed by atoms with E-state index in [2.05, 4.69) is 175 Å². The lowest BCUT2D eigenvalue weighted by molar-refractivity contribution is -0.409. The molecule has 31 nitrogen and oxygen atoms in total. The molecule has 0 saturated carbocycles. The lowest BCUT2D eigenvalue weighted by Gasteiger charge is -2.54. The molecule has 22 aliphatic rings. The van der Waals surface area contributed by atoms with Crippen molar-refractivity contribution in [3.63, 3.8) is 0 Å². The van der Waals surface area contributed by atoms with E-state index >= 15 is 0 Å². The summed E-state index contributed by atoms with van der Waals surface area (Å²) >= 11 is 0. The lowest BCUT2D eigenvalue weighted by atomic mass is 9.94. The smallest absolute Gasteiger partial charge is 0.192 e. The topological polar surface area (TPSA) is 301 Å². The van der Waals surface area contributed by atoms with Crippen molar-refractivity contribution in [1.29, 1.82) is 5.26 Å². The third-order valence-electron chi connectivity index (χ3n) is 27.3. The Labute approximate surface area is 706 Å². The van der Waals surface area contributed by atoms with Gasteiger partial charge < -0.3 is 141 Å². The Morgan fingerprint density at radius 1 is 0.231 bits per heavy atom. The number of hydrogen-bond acceptors (Lipinski definition) is 31. The summed E-state index contributed by atoms with van der Waals surface area (Å²) in [5.41, 5.74) is 0. The minimum atomic E-state index is -2.61. The number of nitrogens with zero attached hydrogens (tertiary/aromatic N) is 1. The minimum Gasteiger partial charge on any atom is -0.414 e. The maximum absolute atomic E-state index is 9.84. The van der Waals surface area contributed by atoms with E-state index in [0.717, 1.165) is 0 Å². The molecule has 117 heavy (non-hydrogen) atoms. The van der Waals surface area contributed by atoms with Crippen LogP contribution in [0, 0.1) is 11.3 Å². The molecule has 0 aromatic heterocycles. The van der Waals surface area contributed by atoms with Crippen LogP contribution in [-0.2, 0) is 141 Å². The Kier molecular flexibility index (Phi) is 37.6. The molecular formula is C81H157NO30Si5. The summed E-state index contributed by atoms with van der Waals surface area (Å²) in [7, 11) is 5.76. The molecular weight excluding hydrogens is 1610 g/mol. The van der Waals surface area contributed by atoms with Crippen LogP contribution in [0.15, 0.2) is 0 Å². The van der Waals surface area contributed by atoms with Crippen molar-refractivity contribution in [3.05, 3.63) is 0 Å². The van der Waals surface area contributed by atoms with Crippen LogP contribution in [0.2, 0.25) is 90.7 Å². The Morgan fingerprint density at radius 3 is 0.504 bits per heavy atom. The number of rotatable bonds is 31. The van der Waals surface area contributed by atoms with E-state index in [9.17, 15) is 5.26 Å². The van der Waals surface area contributed by atoms with Gasteiger partial charge in [-0.05, 0) is 90.7 Å². The average molecular weight is 1770 g/mol. The highest BCUT2D eigenvalue weighted by molar-refractivity contribution is 6.75. The summed E-state index contributed by atoms with van der Waals surface area (Å²) in [5, 5.41) is 8.63. The summed E-state index contributed by atoms with van der Waals surface area (Å²) in [5.74, 6) is 0. The van der Waals surface area contributed by atoms with Gasteiger partial charge in [0.1, 0.15) is 146 Å². The van der Waals surface area contributed by atoms with E-state index in [4.69, 9.17) is 141 Å². The molecule has 0 spiro atoms. The molecule has 0 aromatic carbocycles. The van der Waals surface area contributed by atoms with Crippen LogP contribution in [0.3, 0.4) is 0 Å². The van der Waals surface area contributed by atoms with E-state index in [1.54, 1.807) is 78.2 Å². The van der Waals surface area contributed by atoms with Gasteiger partial charge in [-0.1, -0.05) is 104 Å². The third kappa shape index (κ3) is 24.0. The predicted molar refractivity (Wildman–Crippen MR) is 448 cm³/mol. The second-order valence-electron chi connectivity index (χ2n) is 39.6. The summed E-state index contributed by atoms with van der Waals surface area (Å²) in [6, 6.07) is 2.19. The first kappa shape index (κ1) is 103. The predicted octanol–water partition coefficient (Wildman–Crippen LogP) is 10.9. The fraction of sp³-hybridized carbons (Fsp3) is 0.988. The average Bonchev–Trinajstić information content (AvgIpc) is 0.744. The molecule has 22 saturated heterocycles. The summed E-state index contributed by atoms with van der Waals surface area (Å²) in [4.78, 5) is 0. The van der Waals surface area contributed by atoms with Gasteiger partial charge in [-0.2, -0.15) is 5.26 Å². The number of methoxy groups -OCH3 is 12. The molecule has 12 bridgehead atoms. The van der Waals surface area contributed by atoms with E-state index in [-0.39, 0.29) is 77.9 Å². The van der Waals surface area contributed by atoms with Crippen molar-refractivity contribution in [3.8, 4) is 6.07 Å². The minimum absolute atomic E-state index is 0.00419. The van der Waals surface area contributed by atoms with E-state index < -0.39 is 226 Å². The zero-order chi connectivity index (χ0) is 87.9. The fourth-order valence-corrected chi connectivity index (χ4v) is 19.7. The zero-order valence-electron chi connectivity index (χ0n) is 78.2. The highest BCUT2D eigenvalue weighted by Crippen LogP contribution is 2.48. The molecule has 0 N–H and O–H groups in total. The van der Waals surface area contributed by atoms with Crippen LogP contribution in [0.25, 0.3) is 0 Å². The van der Waals surface area contributed by atoms with Crippen molar-refractivity contribution in [2.45, 2.75) is 385 Å². The Bertz CT molecular complexity index is 2930. The standard InChI is InChI=1S/C81H157NO30Si5/c1-77(2,3)113(28,29)96-42-48-54-60(84-17)67(91-24)73(103-48)110-56-50(44-98-115(32,33)79(7,8)9)105-75(69(93-26)62(56)86-19)112-58-52(46-100-117(36,37)81(13,14)15)106-76(70(94-27)64(58)88-21)111-57-51(45-99-116(34,35)80(10,11)12)104-74(68(92-25)63(57)87-20)109-55-49(43-97-114(30,31)78(4,5)6)102-72(66(90-23)61(55)85-18)107-53-47(41-95-40-38-39-82)101-71(108-54)65(89-22)59(53)83-16/h47-76H,38,40-46H2,1-37H3. The maximum atomic E-state index is 9.84. The third-order valence-corrected chi connectivity index (χ3v) is 49.8. The molecule has 22 heterocycles. The molecule has 22 rings (SSSR count). The molecule has 0 aliphatic carbocycles. The largest absolute Gasteiger partial charge is 0.414 e. The Hall–Kier alpha value is -0.626. The van der Waals surface area contributed by atoms with E-state index in [1.807, 2.05) is 0 Å². The highest BCUT2D eigenvalue weighted by atomic mass is 28.4. The van der Waals surface area contributed by atoms with Gasteiger partial charge in [0, 0.05) is 85.3 Å². The second kappa shape index (κ2) is 42.5. The summed E-state index contributed by atoms with van der Waals surface area (Å²) in [6.45, 7) is 54.2. The van der Waals surface area contributed by atoms with Crippen LogP contribution >= 0.6 is 0 Å².